The van der Waals surface area contributed by atoms with Crippen LogP contribution in [-0.4, -0.2) is 62.6 Å². The predicted octanol–water partition coefficient (Wildman–Crippen LogP) is 2.26. The van der Waals surface area contributed by atoms with E-state index in [-0.39, 0.29) is 36.1 Å². The summed E-state index contributed by atoms with van der Waals surface area (Å²) in [6.45, 7) is 3.36. The van der Waals surface area contributed by atoms with E-state index in [1.54, 1.807) is 6.07 Å². The minimum absolute atomic E-state index is 0.0694. The van der Waals surface area contributed by atoms with Gasteiger partial charge in [-0.1, -0.05) is 17.7 Å². The second-order valence-corrected chi connectivity index (χ2v) is 9.77. The molecule has 2 unspecified atom stereocenters. The summed E-state index contributed by atoms with van der Waals surface area (Å²) in [5, 5.41) is 3.45. The van der Waals surface area contributed by atoms with Gasteiger partial charge >= 0.3 is 0 Å². The Morgan fingerprint density at radius 1 is 1.38 bits per heavy atom. The Morgan fingerprint density at radius 3 is 2.81 bits per heavy atom. The summed E-state index contributed by atoms with van der Waals surface area (Å²) in [7, 11) is -3.01. The van der Waals surface area contributed by atoms with E-state index in [1.807, 2.05) is 24.0 Å². The highest BCUT2D eigenvalue weighted by atomic mass is 35.5. The van der Waals surface area contributed by atoms with Crippen molar-refractivity contribution >= 4 is 33.0 Å². The number of amides is 1. The number of halogens is 1. The number of carbonyl (C=O) groups is 1. The lowest BCUT2D eigenvalue weighted by Crippen LogP contribution is -2.45. The Kier molecular flexibility index (Phi) is 6.22. The Morgan fingerprint density at radius 2 is 2.19 bits per heavy atom. The fourth-order valence-electron chi connectivity index (χ4n) is 3.51. The molecule has 3 rings (SSSR count). The number of benzene rings is 1. The Hall–Kier alpha value is -1.15. The third kappa shape index (κ3) is 5.19. The highest BCUT2D eigenvalue weighted by Gasteiger charge is 2.34. The van der Waals surface area contributed by atoms with Crippen molar-refractivity contribution in [3.8, 4) is 0 Å². The van der Waals surface area contributed by atoms with Gasteiger partial charge in [-0.05, 0) is 43.9 Å². The van der Waals surface area contributed by atoms with Gasteiger partial charge in [-0.15, -0.1) is 0 Å². The Labute approximate surface area is 159 Å². The van der Waals surface area contributed by atoms with Crippen molar-refractivity contribution in [2.24, 2.45) is 0 Å². The third-order valence-corrected chi connectivity index (χ3v) is 7.15. The van der Waals surface area contributed by atoms with Crippen LogP contribution < -0.4 is 5.32 Å². The Bertz CT molecular complexity index is 762. The first-order chi connectivity index (χ1) is 12.3. The van der Waals surface area contributed by atoms with E-state index in [1.165, 1.54) is 0 Å². The van der Waals surface area contributed by atoms with Crippen molar-refractivity contribution in [2.75, 3.05) is 36.5 Å². The van der Waals surface area contributed by atoms with Crippen LogP contribution in [0.5, 0.6) is 0 Å². The lowest BCUT2D eigenvalue weighted by atomic mass is 10.1. The summed E-state index contributed by atoms with van der Waals surface area (Å²) in [4.78, 5) is 14.5. The number of sulfone groups is 1. The molecule has 1 N–H and O–H groups in total. The number of hydrogen-bond acceptors (Lipinski definition) is 5. The van der Waals surface area contributed by atoms with Crippen molar-refractivity contribution in [3.05, 3.63) is 28.8 Å². The summed E-state index contributed by atoms with van der Waals surface area (Å²) >= 11 is 6.11. The minimum Gasteiger partial charge on any atom is -0.377 e. The normalized spacial score (nSPS) is 24.9. The van der Waals surface area contributed by atoms with Crippen LogP contribution in [0.25, 0.3) is 0 Å². The van der Waals surface area contributed by atoms with Crippen LogP contribution in [0.15, 0.2) is 18.2 Å². The average Bonchev–Trinajstić information content (AvgIpc) is 3.19. The first-order valence-electron chi connectivity index (χ1n) is 8.94. The zero-order valence-corrected chi connectivity index (χ0v) is 16.5. The molecule has 0 radical (unpaired) electrons. The summed E-state index contributed by atoms with van der Waals surface area (Å²) < 4.78 is 29.4. The first kappa shape index (κ1) is 19.6. The lowest BCUT2D eigenvalue weighted by Gasteiger charge is -2.29. The van der Waals surface area contributed by atoms with Crippen molar-refractivity contribution in [3.63, 3.8) is 0 Å². The smallest absolute Gasteiger partial charge is 0.238 e. The van der Waals surface area contributed by atoms with E-state index in [0.717, 1.165) is 25.0 Å². The number of anilines is 1. The van der Waals surface area contributed by atoms with Crippen LogP contribution in [-0.2, 0) is 19.4 Å². The van der Waals surface area contributed by atoms with Gasteiger partial charge in [0.2, 0.25) is 5.91 Å². The third-order valence-electron chi connectivity index (χ3n) is 4.99. The van der Waals surface area contributed by atoms with Crippen molar-refractivity contribution in [1.29, 1.82) is 0 Å². The van der Waals surface area contributed by atoms with Crippen molar-refractivity contribution < 1.29 is 17.9 Å². The molecule has 1 amide bonds. The molecule has 2 fully saturated rings. The first-order valence-corrected chi connectivity index (χ1v) is 11.1. The molecule has 26 heavy (non-hydrogen) atoms. The number of aryl methyl sites for hydroxylation is 1. The van der Waals surface area contributed by atoms with Gasteiger partial charge in [0, 0.05) is 29.9 Å². The van der Waals surface area contributed by atoms with E-state index in [2.05, 4.69) is 5.32 Å². The molecular weight excluding hydrogens is 376 g/mol. The van der Waals surface area contributed by atoms with Crippen LogP contribution in [0.2, 0.25) is 5.02 Å². The second-order valence-electron chi connectivity index (χ2n) is 7.13. The van der Waals surface area contributed by atoms with E-state index in [0.29, 0.717) is 23.7 Å². The van der Waals surface area contributed by atoms with Gasteiger partial charge < -0.3 is 10.1 Å². The maximum Gasteiger partial charge on any atom is 0.238 e. The summed E-state index contributed by atoms with van der Waals surface area (Å²) in [6.07, 6.45) is 2.60. The van der Waals surface area contributed by atoms with Crippen LogP contribution in [0.1, 0.15) is 24.8 Å². The molecule has 6 nitrogen and oxygen atoms in total. The number of nitrogens with zero attached hydrogens (tertiary/aromatic N) is 1. The summed E-state index contributed by atoms with van der Waals surface area (Å²) in [6, 6.07) is 5.26. The molecule has 0 aromatic heterocycles. The number of rotatable bonds is 6. The molecule has 0 spiro atoms. The highest BCUT2D eigenvalue weighted by molar-refractivity contribution is 7.91. The molecule has 2 heterocycles. The van der Waals surface area contributed by atoms with Gasteiger partial charge in [0.05, 0.1) is 24.2 Å². The van der Waals surface area contributed by atoms with Crippen molar-refractivity contribution in [1.82, 2.24) is 4.90 Å². The number of carbonyl (C=O) groups excluding carboxylic acids is 1. The number of nitrogens with one attached hydrogen (secondary N) is 1. The minimum atomic E-state index is -3.01. The molecule has 0 bridgehead atoms. The highest BCUT2D eigenvalue weighted by Crippen LogP contribution is 2.22. The van der Waals surface area contributed by atoms with E-state index >= 15 is 0 Å². The molecule has 1 aromatic rings. The van der Waals surface area contributed by atoms with Gasteiger partial charge in [-0.25, -0.2) is 8.42 Å². The van der Waals surface area contributed by atoms with Crippen LogP contribution in [0.3, 0.4) is 0 Å². The summed E-state index contributed by atoms with van der Waals surface area (Å²) in [5.41, 5.74) is 1.59. The number of ether oxygens (including phenoxy) is 1. The van der Waals surface area contributed by atoms with Gasteiger partial charge in [0.1, 0.15) is 0 Å². The quantitative estimate of drug-likeness (QED) is 0.792. The maximum atomic E-state index is 12.5. The molecule has 144 valence electrons. The number of hydrogen-bond donors (Lipinski definition) is 1. The predicted molar refractivity (Wildman–Crippen MR) is 102 cm³/mol. The molecule has 2 saturated heterocycles. The van der Waals surface area contributed by atoms with Gasteiger partial charge in [-0.2, -0.15) is 0 Å². The fourth-order valence-corrected chi connectivity index (χ4v) is 5.45. The zero-order valence-electron chi connectivity index (χ0n) is 14.9. The van der Waals surface area contributed by atoms with Crippen LogP contribution >= 0.6 is 11.6 Å². The maximum absolute atomic E-state index is 12.5. The van der Waals surface area contributed by atoms with Crippen LogP contribution in [0.4, 0.5) is 5.69 Å². The largest absolute Gasteiger partial charge is 0.377 e. The topological polar surface area (TPSA) is 75.7 Å². The van der Waals surface area contributed by atoms with Gasteiger partial charge in [0.25, 0.3) is 0 Å². The molecule has 1 aromatic carbocycles. The molecule has 2 atom stereocenters. The second kappa shape index (κ2) is 8.25. The SMILES string of the molecule is Cc1ccc(NC(=O)CN(CC2CCCO2)C2CCS(=O)(=O)C2)cc1Cl. The summed E-state index contributed by atoms with van der Waals surface area (Å²) in [5.74, 6) is 0.130. The Balaban J connectivity index is 1.65. The average molecular weight is 401 g/mol. The van der Waals surface area contributed by atoms with Gasteiger partial charge in [0.15, 0.2) is 9.84 Å². The molecular formula is C18H25ClN2O4S. The lowest BCUT2D eigenvalue weighted by molar-refractivity contribution is -0.118. The molecule has 2 aliphatic rings. The monoisotopic (exact) mass is 400 g/mol. The van der Waals surface area contributed by atoms with E-state index in [9.17, 15) is 13.2 Å². The molecule has 0 aliphatic carbocycles. The van der Waals surface area contributed by atoms with E-state index in [4.69, 9.17) is 16.3 Å². The molecule has 0 saturated carbocycles. The van der Waals surface area contributed by atoms with Gasteiger partial charge in [-0.3, -0.25) is 9.69 Å². The standard InChI is InChI=1S/C18H25ClN2O4S/c1-13-4-5-14(9-17(13)19)20-18(22)11-21(10-16-3-2-7-25-16)15-6-8-26(23,24)12-15/h4-5,9,15-16H,2-3,6-8,10-12H2,1H3,(H,20,22). The van der Waals surface area contributed by atoms with E-state index < -0.39 is 9.84 Å². The van der Waals surface area contributed by atoms with Crippen molar-refractivity contribution in [2.45, 2.75) is 38.3 Å². The molecule has 8 heteroatoms. The fraction of sp³-hybridized carbons (Fsp3) is 0.611. The molecule has 2 aliphatic heterocycles. The van der Waals surface area contributed by atoms with Crippen LogP contribution in [0, 0.1) is 6.92 Å². The zero-order chi connectivity index (χ0) is 18.7.